The SMILES string of the molecule is COc1ccc2[nH]c3c(c2c1)CCN(C(=O)CC(C)CC(C)(C)C)C3COCc1ccccc1. The van der Waals surface area contributed by atoms with Gasteiger partial charge in [-0.25, -0.2) is 0 Å². The molecule has 1 amide bonds. The van der Waals surface area contributed by atoms with Gasteiger partial charge in [-0.1, -0.05) is 58.0 Å². The van der Waals surface area contributed by atoms with Gasteiger partial charge >= 0.3 is 0 Å². The molecule has 1 aliphatic heterocycles. The fraction of sp³-hybridized carbons (Fsp3) is 0.483. The number of fused-ring (bicyclic) bond motifs is 3. The molecule has 1 aromatic heterocycles. The van der Waals surface area contributed by atoms with E-state index < -0.39 is 0 Å². The van der Waals surface area contributed by atoms with Gasteiger partial charge in [-0.15, -0.1) is 0 Å². The number of carbonyl (C=O) groups excluding carboxylic acids is 1. The van der Waals surface area contributed by atoms with E-state index in [2.05, 4.69) is 56.9 Å². The number of nitrogens with one attached hydrogen (secondary N) is 1. The second-order valence-electron chi connectivity index (χ2n) is 10.9. The van der Waals surface area contributed by atoms with E-state index in [1.807, 2.05) is 29.2 Å². The minimum atomic E-state index is -0.125. The average molecular weight is 463 g/mol. The van der Waals surface area contributed by atoms with Crippen molar-refractivity contribution in [2.75, 3.05) is 20.3 Å². The lowest BCUT2D eigenvalue weighted by atomic mass is 9.84. The molecule has 1 N–H and O–H groups in total. The van der Waals surface area contributed by atoms with Crippen molar-refractivity contribution >= 4 is 16.8 Å². The molecule has 0 spiro atoms. The highest BCUT2D eigenvalue weighted by atomic mass is 16.5. The second kappa shape index (κ2) is 10.2. The summed E-state index contributed by atoms with van der Waals surface area (Å²) in [6.07, 6.45) is 2.42. The number of aromatic amines is 1. The van der Waals surface area contributed by atoms with Crippen molar-refractivity contribution in [2.45, 2.75) is 59.6 Å². The molecule has 2 heterocycles. The first kappa shape index (κ1) is 24.3. The molecule has 4 rings (SSSR count). The smallest absolute Gasteiger partial charge is 0.223 e. The molecule has 2 atom stereocenters. The number of aromatic nitrogens is 1. The fourth-order valence-electron chi connectivity index (χ4n) is 5.34. The quantitative estimate of drug-likeness (QED) is 0.428. The molecule has 0 radical (unpaired) electrons. The minimum absolute atomic E-state index is 0.125. The maximum atomic E-state index is 13.5. The molecular formula is C29H38N2O3. The first-order valence-corrected chi connectivity index (χ1v) is 12.3. The first-order valence-electron chi connectivity index (χ1n) is 12.3. The van der Waals surface area contributed by atoms with Gasteiger partial charge in [0, 0.05) is 29.6 Å². The van der Waals surface area contributed by atoms with Crippen molar-refractivity contribution in [1.29, 1.82) is 0 Å². The molecule has 2 aromatic carbocycles. The zero-order valence-corrected chi connectivity index (χ0v) is 21.2. The third-order valence-corrected chi connectivity index (χ3v) is 6.65. The van der Waals surface area contributed by atoms with Crippen LogP contribution in [0.2, 0.25) is 0 Å². The van der Waals surface area contributed by atoms with Gasteiger partial charge in [-0.2, -0.15) is 0 Å². The van der Waals surface area contributed by atoms with Crippen molar-refractivity contribution in [1.82, 2.24) is 9.88 Å². The van der Waals surface area contributed by atoms with Gasteiger partial charge < -0.3 is 19.4 Å². The number of benzene rings is 2. The van der Waals surface area contributed by atoms with Crippen LogP contribution in [0.1, 0.15) is 63.4 Å². The normalized spacial score (nSPS) is 17.0. The van der Waals surface area contributed by atoms with Gasteiger partial charge in [0.1, 0.15) is 5.75 Å². The van der Waals surface area contributed by atoms with Gasteiger partial charge in [0.05, 0.1) is 26.4 Å². The Kier molecular flexibility index (Phi) is 7.32. The van der Waals surface area contributed by atoms with Crippen LogP contribution in [-0.2, 0) is 22.6 Å². The zero-order chi connectivity index (χ0) is 24.3. The number of carbonyl (C=O) groups is 1. The van der Waals surface area contributed by atoms with E-state index >= 15 is 0 Å². The molecular weight excluding hydrogens is 424 g/mol. The predicted octanol–water partition coefficient (Wildman–Crippen LogP) is 6.28. The highest BCUT2D eigenvalue weighted by molar-refractivity contribution is 5.87. The van der Waals surface area contributed by atoms with Gasteiger partial charge in [0.2, 0.25) is 5.91 Å². The molecule has 0 saturated heterocycles. The molecule has 0 saturated carbocycles. The van der Waals surface area contributed by atoms with E-state index in [9.17, 15) is 4.79 Å². The van der Waals surface area contributed by atoms with Crippen LogP contribution in [0.25, 0.3) is 10.9 Å². The van der Waals surface area contributed by atoms with Crippen LogP contribution in [0.5, 0.6) is 5.75 Å². The molecule has 3 aromatic rings. The molecule has 0 fully saturated rings. The van der Waals surface area contributed by atoms with Crippen LogP contribution in [0.4, 0.5) is 0 Å². The first-order chi connectivity index (χ1) is 16.2. The third kappa shape index (κ3) is 5.64. The monoisotopic (exact) mass is 462 g/mol. The Morgan fingerprint density at radius 3 is 2.65 bits per heavy atom. The van der Waals surface area contributed by atoms with Crippen molar-refractivity contribution in [3.8, 4) is 5.75 Å². The molecule has 0 aliphatic carbocycles. The minimum Gasteiger partial charge on any atom is -0.497 e. The summed E-state index contributed by atoms with van der Waals surface area (Å²) >= 11 is 0. The Morgan fingerprint density at radius 2 is 1.94 bits per heavy atom. The molecule has 34 heavy (non-hydrogen) atoms. The van der Waals surface area contributed by atoms with Crippen molar-refractivity contribution in [2.24, 2.45) is 11.3 Å². The van der Waals surface area contributed by atoms with Crippen LogP contribution in [0.3, 0.4) is 0 Å². The van der Waals surface area contributed by atoms with E-state index in [1.54, 1.807) is 7.11 Å². The average Bonchev–Trinajstić information content (AvgIpc) is 3.16. The third-order valence-electron chi connectivity index (χ3n) is 6.65. The number of amides is 1. The van der Waals surface area contributed by atoms with E-state index in [-0.39, 0.29) is 17.4 Å². The highest BCUT2D eigenvalue weighted by Crippen LogP contribution is 2.37. The second-order valence-corrected chi connectivity index (χ2v) is 10.9. The Labute approximate surface area is 203 Å². The summed E-state index contributed by atoms with van der Waals surface area (Å²) in [5, 5.41) is 1.18. The maximum absolute atomic E-state index is 13.5. The number of H-pyrrole nitrogens is 1. The van der Waals surface area contributed by atoms with E-state index in [0.717, 1.165) is 35.4 Å². The molecule has 2 unspecified atom stereocenters. The summed E-state index contributed by atoms with van der Waals surface area (Å²) in [6, 6.07) is 16.2. The molecule has 5 nitrogen and oxygen atoms in total. The largest absolute Gasteiger partial charge is 0.497 e. The fourth-order valence-corrected chi connectivity index (χ4v) is 5.34. The number of ether oxygens (including phenoxy) is 2. The number of hydrogen-bond acceptors (Lipinski definition) is 3. The predicted molar refractivity (Wildman–Crippen MR) is 137 cm³/mol. The Bertz CT molecular complexity index is 1110. The summed E-state index contributed by atoms with van der Waals surface area (Å²) in [4.78, 5) is 19.2. The standard InChI is InChI=1S/C29H38N2O3/c1-20(17-29(2,3)4)15-27(32)31-14-13-23-24-16-22(33-5)11-12-25(24)30-28(23)26(31)19-34-18-21-9-7-6-8-10-21/h6-12,16,20,26,30H,13-15,17-19H2,1-5H3. The van der Waals surface area contributed by atoms with Crippen LogP contribution >= 0.6 is 0 Å². The Balaban J connectivity index is 1.58. The van der Waals surface area contributed by atoms with Crippen LogP contribution in [0, 0.1) is 11.3 Å². The topological polar surface area (TPSA) is 54.6 Å². The zero-order valence-electron chi connectivity index (χ0n) is 21.2. The van der Waals surface area contributed by atoms with Gasteiger partial charge in [-0.05, 0) is 53.5 Å². The van der Waals surface area contributed by atoms with Gasteiger partial charge in [0.25, 0.3) is 0 Å². The van der Waals surface area contributed by atoms with Gasteiger partial charge in [0.15, 0.2) is 0 Å². The highest BCUT2D eigenvalue weighted by Gasteiger charge is 2.34. The molecule has 0 bridgehead atoms. The summed E-state index contributed by atoms with van der Waals surface area (Å²) in [7, 11) is 1.69. The van der Waals surface area contributed by atoms with E-state index in [4.69, 9.17) is 9.47 Å². The van der Waals surface area contributed by atoms with E-state index in [0.29, 0.717) is 32.1 Å². The van der Waals surface area contributed by atoms with Crippen LogP contribution < -0.4 is 4.74 Å². The lowest BCUT2D eigenvalue weighted by Crippen LogP contribution is -2.42. The molecule has 1 aliphatic rings. The lowest BCUT2D eigenvalue weighted by Gasteiger charge is -2.37. The maximum Gasteiger partial charge on any atom is 0.223 e. The lowest BCUT2D eigenvalue weighted by molar-refractivity contribution is -0.137. The van der Waals surface area contributed by atoms with Crippen LogP contribution in [0.15, 0.2) is 48.5 Å². The Morgan fingerprint density at radius 1 is 1.18 bits per heavy atom. The van der Waals surface area contributed by atoms with Gasteiger partial charge in [-0.3, -0.25) is 4.79 Å². The van der Waals surface area contributed by atoms with Crippen molar-refractivity contribution in [3.05, 3.63) is 65.4 Å². The summed E-state index contributed by atoms with van der Waals surface area (Å²) in [6.45, 7) is 10.6. The van der Waals surface area contributed by atoms with Crippen molar-refractivity contribution < 1.29 is 14.3 Å². The summed E-state index contributed by atoms with van der Waals surface area (Å²) in [5.74, 6) is 1.40. The number of hydrogen-bond donors (Lipinski definition) is 1. The number of nitrogens with zero attached hydrogens (tertiary/aromatic N) is 1. The van der Waals surface area contributed by atoms with Crippen molar-refractivity contribution in [3.63, 3.8) is 0 Å². The molecule has 5 heteroatoms. The van der Waals surface area contributed by atoms with E-state index in [1.165, 1.54) is 10.9 Å². The van der Waals surface area contributed by atoms with Crippen LogP contribution in [-0.4, -0.2) is 36.1 Å². The number of methoxy groups -OCH3 is 1. The Hall–Kier alpha value is -2.79. The number of rotatable bonds is 8. The summed E-state index contributed by atoms with van der Waals surface area (Å²) in [5.41, 5.74) is 4.79. The molecule has 182 valence electrons. The summed E-state index contributed by atoms with van der Waals surface area (Å²) < 4.78 is 11.6.